The molecule has 5 heteroatoms. The number of nitrogens with one attached hydrogen (secondary N) is 1. The molecule has 1 aromatic rings. The Morgan fingerprint density at radius 1 is 1.37 bits per heavy atom. The Balaban J connectivity index is 1.99. The maximum Gasteiger partial charge on any atom is 0.254 e. The zero-order valence-electron chi connectivity index (χ0n) is 10.6. The molecule has 1 amide bonds. The third kappa shape index (κ3) is 3.67. The van der Waals surface area contributed by atoms with E-state index in [1.165, 1.54) is 12.1 Å². The highest BCUT2D eigenvalue weighted by Crippen LogP contribution is 2.27. The predicted molar refractivity (Wildman–Crippen MR) is 71.8 cm³/mol. The Bertz CT molecular complexity index is 473. The van der Waals surface area contributed by atoms with E-state index in [4.69, 9.17) is 11.6 Å². The Kier molecular flexibility index (Phi) is 4.42. The fourth-order valence-corrected chi connectivity index (χ4v) is 2.57. The second-order valence-corrected chi connectivity index (χ2v) is 5.53. The van der Waals surface area contributed by atoms with Gasteiger partial charge in [0.05, 0.1) is 11.2 Å². The van der Waals surface area contributed by atoms with Gasteiger partial charge in [-0.05, 0) is 31.0 Å². The molecule has 0 aliphatic heterocycles. The van der Waals surface area contributed by atoms with E-state index in [-0.39, 0.29) is 12.1 Å². The van der Waals surface area contributed by atoms with Gasteiger partial charge in [-0.1, -0.05) is 30.9 Å². The molecule has 104 valence electrons. The van der Waals surface area contributed by atoms with Crippen molar-refractivity contribution in [2.24, 2.45) is 0 Å². The van der Waals surface area contributed by atoms with E-state index in [2.05, 4.69) is 5.32 Å². The van der Waals surface area contributed by atoms with Crippen LogP contribution in [0.25, 0.3) is 0 Å². The number of rotatable bonds is 3. The number of hydrogen-bond acceptors (Lipinski definition) is 2. The second-order valence-electron chi connectivity index (χ2n) is 5.09. The molecule has 19 heavy (non-hydrogen) atoms. The van der Waals surface area contributed by atoms with E-state index in [9.17, 15) is 14.3 Å². The molecule has 0 saturated heterocycles. The monoisotopic (exact) mass is 285 g/mol. The molecule has 2 N–H and O–H groups in total. The molecular formula is C14H17ClFNO2. The first kappa shape index (κ1) is 14.3. The van der Waals surface area contributed by atoms with Gasteiger partial charge < -0.3 is 10.4 Å². The van der Waals surface area contributed by atoms with Crippen LogP contribution >= 0.6 is 11.6 Å². The van der Waals surface area contributed by atoms with Crippen LogP contribution in [0.3, 0.4) is 0 Å². The smallest absolute Gasteiger partial charge is 0.254 e. The van der Waals surface area contributed by atoms with Crippen molar-refractivity contribution in [2.45, 2.75) is 37.7 Å². The fraction of sp³-hybridized carbons (Fsp3) is 0.500. The van der Waals surface area contributed by atoms with Gasteiger partial charge >= 0.3 is 0 Å². The van der Waals surface area contributed by atoms with Crippen LogP contribution < -0.4 is 5.32 Å². The molecule has 2 rings (SSSR count). The Morgan fingerprint density at radius 2 is 2.05 bits per heavy atom. The number of amides is 1. The van der Waals surface area contributed by atoms with E-state index < -0.39 is 17.3 Å². The molecular weight excluding hydrogens is 269 g/mol. The van der Waals surface area contributed by atoms with Crippen molar-refractivity contribution < 1.29 is 14.3 Å². The molecule has 0 unspecified atom stereocenters. The molecule has 1 saturated carbocycles. The lowest BCUT2D eigenvalue weighted by atomic mass is 9.85. The Hall–Kier alpha value is -1.13. The van der Waals surface area contributed by atoms with Crippen molar-refractivity contribution in [1.82, 2.24) is 5.32 Å². The zero-order chi connectivity index (χ0) is 13.9. The first-order chi connectivity index (χ1) is 9.00. The molecule has 1 aliphatic carbocycles. The van der Waals surface area contributed by atoms with Crippen LogP contribution in [0.2, 0.25) is 5.02 Å². The summed E-state index contributed by atoms with van der Waals surface area (Å²) in [5.41, 5.74) is -0.949. The highest BCUT2D eigenvalue weighted by Gasteiger charge is 2.29. The third-order valence-corrected chi connectivity index (χ3v) is 3.77. The van der Waals surface area contributed by atoms with Crippen molar-refractivity contribution in [2.75, 3.05) is 6.54 Å². The number of benzene rings is 1. The minimum absolute atomic E-state index is 0.0908. The zero-order valence-corrected chi connectivity index (χ0v) is 11.3. The van der Waals surface area contributed by atoms with Crippen LogP contribution in [0, 0.1) is 5.82 Å². The standard InChI is InChI=1S/C14H17ClFNO2/c15-10-4-5-12(16)11(8-10)13(18)17-9-14(19)6-2-1-3-7-14/h4-5,8,19H,1-3,6-7,9H2,(H,17,18). The highest BCUT2D eigenvalue weighted by atomic mass is 35.5. The van der Waals surface area contributed by atoms with Crippen LogP contribution in [0.4, 0.5) is 4.39 Å². The van der Waals surface area contributed by atoms with E-state index >= 15 is 0 Å². The van der Waals surface area contributed by atoms with Crippen molar-refractivity contribution in [3.63, 3.8) is 0 Å². The molecule has 1 aliphatic rings. The topological polar surface area (TPSA) is 49.3 Å². The van der Waals surface area contributed by atoms with E-state index in [0.717, 1.165) is 25.3 Å². The summed E-state index contributed by atoms with van der Waals surface area (Å²) < 4.78 is 13.5. The first-order valence-electron chi connectivity index (χ1n) is 6.46. The molecule has 0 spiro atoms. The van der Waals surface area contributed by atoms with Crippen LogP contribution in [0.1, 0.15) is 42.5 Å². The summed E-state index contributed by atoms with van der Waals surface area (Å²) >= 11 is 5.74. The predicted octanol–water partition coefficient (Wildman–Crippen LogP) is 2.90. The summed E-state index contributed by atoms with van der Waals surface area (Å²) in [5, 5.41) is 13.2. The minimum atomic E-state index is -0.858. The normalized spacial score (nSPS) is 18.1. The van der Waals surface area contributed by atoms with Crippen LogP contribution in [-0.4, -0.2) is 23.2 Å². The number of carbonyl (C=O) groups excluding carboxylic acids is 1. The number of aliphatic hydroxyl groups is 1. The second kappa shape index (κ2) is 5.88. The largest absolute Gasteiger partial charge is 0.388 e. The summed E-state index contributed by atoms with van der Waals surface area (Å²) in [6.07, 6.45) is 4.37. The van der Waals surface area contributed by atoms with Crippen molar-refractivity contribution >= 4 is 17.5 Å². The van der Waals surface area contributed by atoms with Gasteiger partial charge in [-0.3, -0.25) is 4.79 Å². The van der Waals surface area contributed by atoms with Gasteiger partial charge in [0.25, 0.3) is 5.91 Å². The molecule has 0 heterocycles. The van der Waals surface area contributed by atoms with Crippen LogP contribution in [0.5, 0.6) is 0 Å². The molecule has 0 atom stereocenters. The summed E-state index contributed by atoms with van der Waals surface area (Å²) in [6.45, 7) is 0.151. The van der Waals surface area contributed by atoms with Gasteiger partial charge in [0.1, 0.15) is 5.82 Å². The van der Waals surface area contributed by atoms with Gasteiger partial charge in [-0.25, -0.2) is 4.39 Å². The fourth-order valence-electron chi connectivity index (χ4n) is 2.40. The summed E-state index contributed by atoms with van der Waals surface area (Å²) in [7, 11) is 0. The number of hydrogen-bond donors (Lipinski definition) is 2. The maximum absolute atomic E-state index is 13.5. The summed E-state index contributed by atoms with van der Waals surface area (Å²) in [5.74, 6) is -1.16. The van der Waals surface area contributed by atoms with Crippen molar-refractivity contribution in [1.29, 1.82) is 0 Å². The lowest BCUT2D eigenvalue weighted by molar-refractivity contribution is 0.00521. The number of carbonyl (C=O) groups is 1. The average Bonchev–Trinajstić information content (AvgIpc) is 2.40. The van der Waals surface area contributed by atoms with E-state index in [0.29, 0.717) is 17.9 Å². The van der Waals surface area contributed by atoms with Gasteiger partial charge in [-0.15, -0.1) is 0 Å². The van der Waals surface area contributed by atoms with Gasteiger partial charge in [0, 0.05) is 11.6 Å². The molecule has 3 nitrogen and oxygen atoms in total. The van der Waals surface area contributed by atoms with E-state index in [1.807, 2.05) is 0 Å². The van der Waals surface area contributed by atoms with Crippen LogP contribution in [-0.2, 0) is 0 Å². The molecule has 1 aromatic carbocycles. The van der Waals surface area contributed by atoms with E-state index in [1.54, 1.807) is 0 Å². The minimum Gasteiger partial charge on any atom is -0.388 e. The lowest BCUT2D eigenvalue weighted by Gasteiger charge is -2.32. The molecule has 0 aromatic heterocycles. The summed E-state index contributed by atoms with van der Waals surface area (Å²) in [6, 6.07) is 3.84. The lowest BCUT2D eigenvalue weighted by Crippen LogP contribution is -2.44. The van der Waals surface area contributed by atoms with Crippen molar-refractivity contribution in [3.05, 3.63) is 34.6 Å². The Labute approximate surface area is 116 Å². The Morgan fingerprint density at radius 3 is 2.74 bits per heavy atom. The van der Waals surface area contributed by atoms with Crippen molar-refractivity contribution in [3.8, 4) is 0 Å². The molecule has 0 bridgehead atoms. The SMILES string of the molecule is O=C(NCC1(O)CCCCC1)c1cc(Cl)ccc1F. The quantitative estimate of drug-likeness (QED) is 0.897. The summed E-state index contributed by atoms with van der Waals surface area (Å²) in [4.78, 5) is 11.9. The molecule has 1 fully saturated rings. The molecule has 0 radical (unpaired) electrons. The van der Waals surface area contributed by atoms with Gasteiger partial charge in [0.15, 0.2) is 0 Å². The highest BCUT2D eigenvalue weighted by molar-refractivity contribution is 6.30. The first-order valence-corrected chi connectivity index (χ1v) is 6.84. The average molecular weight is 286 g/mol. The van der Waals surface area contributed by atoms with Gasteiger partial charge in [-0.2, -0.15) is 0 Å². The maximum atomic E-state index is 13.5. The number of halogens is 2. The van der Waals surface area contributed by atoms with Crippen LogP contribution in [0.15, 0.2) is 18.2 Å². The van der Waals surface area contributed by atoms with Gasteiger partial charge in [0.2, 0.25) is 0 Å². The third-order valence-electron chi connectivity index (χ3n) is 3.54.